The first-order valence-corrected chi connectivity index (χ1v) is 6.32. The molecule has 0 aliphatic carbocycles. The molecule has 0 amide bonds. The maximum absolute atomic E-state index is 6.02. The normalized spacial score (nSPS) is 10.3. The third kappa shape index (κ3) is 2.79. The minimum atomic E-state index is 0.423. The zero-order chi connectivity index (χ0) is 13.8. The van der Waals surface area contributed by atoms with E-state index in [4.69, 9.17) is 21.1 Å². The number of nitrogens with zero attached hydrogens (tertiary/aromatic N) is 2. The van der Waals surface area contributed by atoms with Crippen molar-refractivity contribution in [2.75, 3.05) is 14.2 Å². The molecule has 0 fully saturated rings. The highest BCUT2D eigenvalue weighted by Crippen LogP contribution is 2.37. The van der Waals surface area contributed by atoms with Gasteiger partial charge in [-0.3, -0.25) is 0 Å². The summed E-state index contributed by atoms with van der Waals surface area (Å²) in [7, 11) is 3.21. The molecule has 1 aromatic heterocycles. The molecule has 0 saturated heterocycles. The molecule has 19 heavy (non-hydrogen) atoms. The van der Waals surface area contributed by atoms with Gasteiger partial charge < -0.3 is 9.47 Å². The fourth-order valence-electron chi connectivity index (χ4n) is 1.85. The van der Waals surface area contributed by atoms with Crippen molar-refractivity contribution in [1.82, 2.24) is 9.97 Å². The monoisotopic (exact) mass is 278 g/mol. The average Bonchev–Trinajstić information content (AvgIpc) is 2.45. The van der Waals surface area contributed by atoms with E-state index < -0.39 is 0 Å². The number of para-hydroxylation sites is 1. The van der Waals surface area contributed by atoms with E-state index in [1.807, 2.05) is 25.1 Å². The van der Waals surface area contributed by atoms with E-state index in [9.17, 15) is 0 Å². The van der Waals surface area contributed by atoms with Gasteiger partial charge in [-0.1, -0.05) is 24.6 Å². The molecule has 0 unspecified atom stereocenters. The Kier molecular flexibility index (Phi) is 4.22. The van der Waals surface area contributed by atoms with Crippen LogP contribution in [-0.2, 0) is 6.42 Å². The molecule has 4 nitrogen and oxygen atoms in total. The van der Waals surface area contributed by atoms with Crippen LogP contribution >= 0.6 is 11.6 Å². The summed E-state index contributed by atoms with van der Waals surface area (Å²) in [5.74, 6) is 2.00. The molecule has 2 rings (SSSR count). The van der Waals surface area contributed by atoms with Gasteiger partial charge >= 0.3 is 0 Å². The van der Waals surface area contributed by atoms with Gasteiger partial charge in [0, 0.05) is 18.1 Å². The third-order valence-electron chi connectivity index (χ3n) is 2.74. The van der Waals surface area contributed by atoms with Crippen LogP contribution in [0.2, 0.25) is 5.15 Å². The average molecular weight is 279 g/mol. The number of benzene rings is 1. The first-order chi connectivity index (χ1) is 9.19. The Morgan fingerprint density at radius 2 is 1.95 bits per heavy atom. The van der Waals surface area contributed by atoms with Crippen molar-refractivity contribution in [3.05, 3.63) is 35.2 Å². The molecule has 0 aliphatic heterocycles. The third-order valence-corrected chi connectivity index (χ3v) is 2.93. The molecule has 5 heteroatoms. The Hall–Kier alpha value is -1.81. The highest BCUT2D eigenvalue weighted by atomic mass is 35.5. The van der Waals surface area contributed by atoms with E-state index in [-0.39, 0.29) is 0 Å². The molecule has 100 valence electrons. The minimum Gasteiger partial charge on any atom is -0.493 e. The van der Waals surface area contributed by atoms with Gasteiger partial charge in [0.05, 0.1) is 19.9 Å². The maximum atomic E-state index is 6.02. The summed E-state index contributed by atoms with van der Waals surface area (Å²) in [6.07, 6.45) is 0.722. The minimum absolute atomic E-state index is 0.423. The van der Waals surface area contributed by atoms with Crippen LogP contribution in [0, 0.1) is 0 Å². The van der Waals surface area contributed by atoms with Gasteiger partial charge in [-0.25, -0.2) is 9.97 Å². The van der Waals surface area contributed by atoms with Crippen molar-refractivity contribution in [2.24, 2.45) is 0 Å². The lowest BCUT2D eigenvalue weighted by atomic mass is 10.1. The molecule has 0 aliphatic rings. The number of hydrogen-bond acceptors (Lipinski definition) is 4. The first-order valence-electron chi connectivity index (χ1n) is 5.94. The molecule has 0 saturated carbocycles. The van der Waals surface area contributed by atoms with Gasteiger partial charge in [0.2, 0.25) is 0 Å². The van der Waals surface area contributed by atoms with E-state index >= 15 is 0 Å². The van der Waals surface area contributed by atoms with Crippen LogP contribution in [0.25, 0.3) is 11.3 Å². The van der Waals surface area contributed by atoms with Crippen LogP contribution in [0.15, 0.2) is 24.3 Å². The van der Waals surface area contributed by atoms with E-state index in [0.717, 1.165) is 17.7 Å². The largest absolute Gasteiger partial charge is 0.493 e. The van der Waals surface area contributed by atoms with Crippen molar-refractivity contribution < 1.29 is 9.47 Å². The summed E-state index contributed by atoms with van der Waals surface area (Å²) >= 11 is 6.02. The number of aromatic nitrogens is 2. The summed E-state index contributed by atoms with van der Waals surface area (Å²) in [5, 5.41) is 0.423. The quantitative estimate of drug-likeness (QED) is 0.804. The van der Waals surface area contributed by atoms with Crippen LogP contribution in [0.4, 0.5) is 0 Å². The second-order valence-electron chi connectivity index (χ2n) is 3.89. The molecule has 0 atom stereocenters. The molecular weight excluding hydrogens is 264 g/mol. The summed E-state index contributed by atoms with van der Waals surface area (Å²) in [6.45, 7) is 1.98. The zero-order valence-corrected chi connectivity index (χ0v) is 11.9. The molecule has 0 radical (unpaired) electrons. The second kappa shape index (κ2) is 5.89. The lowest BCUT2D eigenvalue weighted by Crippen LogP contribution is -1.98. The summed E-state index contributed by atoms with van der Waals surface area (Å²) in [5.41, 5.74) is 1.56. The molecule has 1 aromatic carbocycles. The van der Waals surface area contributed by atoms with E-state index in [0.29, 0.717) is 22.5 Å². The van der Waals surface area contributed by atoms with E-state index in [1.165, 1.54) is 0 Å². The van der Waals surface area contributed by atoms with Gasteiger partial charge in [-0.2, -0.15) is 0 Å². The summed E-state index contributed by atoms with van der Waals surface area (Å²) < 4.78 is 10.7. The maximum Gasteiger partial charge on any atom is 0.170 e. The van der Waals surface area contributed by atoms with Crippen molar-refractivity contribution in [2.45, 2.75) is 13.3 Å². The highest BCUT2D eigenvalue weighted by molar-refractivity contribution is 6.29. The SMILES string of the molecule is CCc1nc(Cl)cc(-c2cccc(OC)c2OC)n1. The van der Waals surface area contributed by atoms with E-state index in [2.05, 4.69) is 9.97 Å². The van der Waals surface area contributed by atoms with Crippen molar-refractivity contribution in [3.63, 3.8) is 0 Å². The van der Waals surface area contributed by atoms with Gasteiger partial charge in [0.25, 0.3) is 0 Å². The zero-order valence-electron chi connectivity index (χ0n) is 11.1. The highest BCUT2D eigenvalue weighted by Gasteiger charge is 2.13. The number of ether oxygens (including phenoxy) is 2. The van der Waals surface area contributed by atoms with Gasteiger partial charge in [0.15, 0.2) is 11.5 Å². The lowest BCUT2D eigenvalue weighted by Gasteiger charge is -2.12. The van der Waals surface area contributed by atoms with Crippen molar-refractivity contribution in [1.29, 1.82) is 0 Å². The van der Waals surface area contributed by atoms with Crippen LogP contribution < -0.4 is 9.47 Å². The van der Waals surface area contributed by atoms with Crippen LogP contribution in [0.5, 0.6) is 11.5 Å². The first kappa shape index (κ1) is 13.6. The van der Waals surface area contributed by atoms with Crippen LogP contribution in [-0.4, -0.2) is 24.2 Å². The van der Waals surface area contributed by atoms with Gasteiger partial charge in [-0.05, 0) is 12.1 Å². The van der Waals surface area contributed by atoms with E-state index in [1.54, 1.807) is 20.3 Å². The second-order valence-corrected chi connectivity index (χ2v) is 4.27. The fourth-order valence-corrected chi connectivity index (χ4v) is 2.05. The Bertz CT molecular complexity index is 588. The number of methoxy groups -OCH3 is 2. The predicted molar refractivity (Wildman–Crippen MR) is 75.0 cm³/mol. The molecule has 1 heterocycles. The fraction of sp³-hybridized carbons (Fsp3) is 0.286. The number of halogens is 1. The van der Waals surface area contributed by atoms with Crippen molar-refractivity contribution >= 4 is 11.6 Å². The molecule has 2 aromatic rings. The summed E-state index contributed by atoms with van der Waals surface area (Å²) in [4.78, 5) is 8.63. The van der Waals surface area contributed by atoms with Crippen LogP contribution in [0.1, 0.15) is 12.7 Å². The molecule has 0 bridgehead atoms. The number of hydrogen-bond donors (Lipinski definition) is 0. The summed E-state index contributed by atoms with van der Waals surface area (Å²) in [6, 6.07) is 7.36. The lowest BCUT2D eigenvalue weighted by molar-refractivity contribution is 0.356. The number of aryl methyl sites for hydroxylation is 1. The molecule has 0 spiro atoms. The Morgan fingerprint density at radius 1 is 1.16 bits per heavy atom. The topological polar surface area (TPSA) is 44.2 Å². The smallest absolute Gasteiger partial charge is 0.170 e. The Balaban J connectivity index is 2.61. The van der Waals surface area contributed by atoms with Gasteiger partial charge in [-0.15, -0.1) is 0 Å². The Morgan fingerprint density at radius 3 is 2.58 bits per heavy atom. The molecular formula is C14H15ClN2O2. The predicted octanol–water partition coefficient (Wildman–Crippen LogP) is 3.38. The number of rotatable bonds is 4. The van der Waals surface area contributed by atoms with Crippen LogP contribution in [0.3, 0.4) is 0 Å². The molecule has 0 N–H and O–H groups in total. The van der Waals surface area contributed by atoms with Crippen molar-refractivity contribution in [3.8, 4) is 22.8 Å². The standard InChI is InChI=1S/C14H15ClN2O2/c1-4-13-16-10(8-12(15)17-13)9-6-5-7-11(18-2)14(9)19-3/h5-8H,4H2,1-3H3. The Labute approximate surface area is 117 Å². The van der Waals surface area contributed by atoms with Gasteiger partial charge in [0.1, 0.15) is 11.0 Å².